The number of rotatable bonds is 1. The third-order valence-corrected chi connectivity index (χ3v) is 4.05. The Kier molecular flexibility index (Phi) is 3.01. The molecule has 0 spiro atoms. The van der Waals surface area contributed by atoms with Gasteiger partial charge in [0, 0.05) is 26.7 Å². The second-order valence-electron chi connectivity index (χ2n) is 4.14. The van der Waals surface area contributed by atoms with Crippen LogP contribution in [0, 0.1) is 0 Å². The van der Waals surface area contributed by atoms with Gasteiger partial charge in [0.15, 0.2) is 10.5 Å². The normalized spacial score (nSPS) is 10.8. The van der Waals surface area contributed by atoms with Gasteiger partial charge in [0.05, 0.1) is 0 Å². The van der Waals surface area contributed by atoms with E-state index in [4.69, 9.17) is 11.6 Å². The number of hydrogen-bond donors (Lipinski definition) is 1. The van der Waals surface area contributed by atoms with E-state index in [2.05, 4.69) is 0 Å². The lowest BCUT2D eigenvalue weighted by Gasteiger charge is -2.07. The van der Waals surface area contributed by atoms with Crippen LogP contribution in [0.3, 0.4) is 0 Å². The maximum atomic E-state index is 11.9. The van der Waals surface area contributed by atoms with Crippen LogP contribution in [0.1, 0.15) is 0 Å². The Hall–Kier alpha value is -1.84. The minimum absolute atomic E-state index is 0.0111. The van der Waals surface area contributed by atoms with E-state index in [-0.39, 0.29) is 10.5 Å². The highest BCUT2D eigenvalue weighted by Crippen LogP contribution is 2.35. The number of benzene rings is 2. The summed E-state index contributed by atoms with van der Waals surface area (Å²) in [7, 11) is 0. The van der Waals surface area contributed by atoms with Crippen LogP contribution in [-0.4, -0.2) is 5.11 Å². The van der Waals surface area contributed by atoms with Crippen molar-refractivity contribution in [3.63, 3.8) is 0 Å². The first-order valence-corrected chi connectivity index (χ1v) is 6.86. The van der Waals surface area contributed by atoms with Crippen LogP contribution in [-0.2, 0) is 0 Å². The highest BCUT2D eigenvalue weighted by atomic mass is 35.5. The van der Waals surface area contributed by atoms with Crippen LogP contribution in [0.15, 0.2) is 53.3 Å². The van der Waals surface area contributed by atoms with Gasteiger partial charge in [-0.25, -0.2) is 0 Å². The van der Waals surface area contributed by atoms with Gasteiger partial charge >= 0.3 is 0 Å². The summed E-state index contributed by atoms with van der Waals surface area (Å²) >= 11 is 7.27. The van der Waals surface area contributed by atoms with E-state index in [9.17, 15) is 9.90 Å². The quantitative estimate of drug-likeness (QED) is 0.725. The van der Waals surface area contributed by atoms with Gasteiger partial charge in [0.1, 0.15) is 0 Å². The van der Waals surface area contributed by atoms with Crippen molar-refractivity contribution < 1.29 is 5.11 Å². The molecule has 0 amide bonds. The molecule has 0 saturated heterocycles. The molecule has 19 heavy (non-hydrogen) atoms. The largest absolute Gasteiger partial charge is 0.499 e. The fourth-order valence-corrected chi connectivity index (χ4v) is 3.19. The van der Waals surface area contributed by atoms with E-state index >= 15 is 0 Å². The van der Waals surface area contributed by atoms with Crippen LogP contribution >= 0.6 is 22.9 Å². The van der Waals surface area contributed by atoms with Crippen molar-refractivity contribution in [2.24, 2.45) is 0 Å². The highest BCUT2D eigenvalue weighted by molar-refractivity contribution is 7.20. The van der Waals surface area contributed by atoms with E-state index < -0.39 is 0 Å². The van der Waals surface area contributed by atoms with Crippen LogP contribution < -0.4 is 5.43 Å². The summed E-state index contributed by atoms with van der Waals surface area (Å²) in [5.74, 6) is 0. The molecule has 4 heteroatoms. The molecule has 2 nitrogen and oxygen atoms in total. The molecule has 2 aromatic carbocycles. The van der Waals surface area contributed by atoms with Crippen LogP contribution in [0.5, 0.6) is 5.06 Å². The van der Waals surface area contributed by atoms with E-state index in [1.165, 1.54) is 17.4 Å². The molecular formula is C15H9ClO2S. The molecular weight excluding hydrogens is 280 g/mol. The molecule has 0 atom stereocenters. The number of hydrogen-bond acceptors (Lipinski definition) is 3. The highest BCUT2D eigenvalue weighted by Gasteiger charge is 2.10. The Morgan fingerprint density at radius 1 is 1.05 bits per heavy atom. The molecule has 3 rings (SSSR count). The average molecular weight is 289 g/mol. The Morgan fingerprint density at radius 3 is 2.53 bits per heavy atom. The van der Waals surface area contributed by atoms with Crippen molar-refractivity contribution >= 4 is 33.0 Å². The summed E-state index contributed by atoms with van der Waals surface area (Å²) in [6, 6.07) is 14.4. The van der Waals surface area contributed by atoms with Gasteiger partial charge < -0.3 is 5.11 Å². The number of aromatic hydroxyl groups is 1. The van der Waals surface area contributed by atoms with Gasteiger partial charge in [0.25, 0.3) is 0 Å². The van der Waals surface area contributed by atoms with E-state index in [1.54, 1.807) is 6.07 Å². The van der Waals surface area contributed by atoms with Gasteiger partial charge in [-0.2, -0.15) is 0 Å². The van der Waals surface area contributed by atoms with Crippen LogP contribution in [0.2, 0.25) is 5.02 Å². The third-order valence-electron chi connectivity index (χ3n) is 2.87. The summed E-state index contributed by atoms with van der Waals surface area (Å²) in [4.78, 5) is 11.9. The van der Waals surface area contributed by atoms with Crippen LogP contribution in [0.4, 0.5) is 0 Å². The average Bonchev–Trinajstić information content (AvgIpc) is 2.40. The zero-order valence-corrected chi connectivity index (χ0v) is 11.3. The van der Waals surface area contributed by atoms with Gasteiger partial charge in [-0.15, -0.1) is 0 Å². The lowest BCUT2D eigenvalue weighted by molar-refractivity contribution is 0.490. The fraction of sp³-hybridized carbons (Fsp3) is 0. The molecule has 94 valence electrons. The molecule has 3 aromatic rings. The molecule has 0 aliphatic heterocycles. The zero-order valence-electron chi connectivity index (χ0n) is 9.76. The smallest absolute Gasteiger partial charge is 0.191 e. The first-order valence-electron chi connectivity index (χ1n) is 5.67. The summed E-state index contributed by atoms with van der Waals surface area (Å²) in [5.41, 5.74) is 1.61. The van der Waals surface area contributed by atoms with Crippen molar-refractivity contribution in [3.05, 3.63) is 63.8 Å². The SMILES string of the molecule is O=c1cc(O)sc2c(-c3ccccc3)cc(Cl)cc12. The Bertz CT molecular complexity index is 809. The van der Waals surface area contributed by atoms with Gasteiger partial charge in [-0.1, -0.05) is 53.3 Å². The summed E-state index contributed by atoms with van der Waals surface area (Å²) < 4.78 is 0.751. The Morgan fingerprint density at radius 2 is 1.79 bits per heavy atom. The first kappa shape index (κ1) is 12.2. The molecule has 0 bridgehead atoms. The maximum Gasteiger partial charge on any atom is 0.191 e. The molecule has 1 heterocycles. The lowest BCUT2D eigenvalue weighted by atomic mass is 10.0. The Labute approximate surface area is 118 Å². The molecule has 1 aromatic heterocycles. The predicted octanol–water partition coefficient (Wildman–Crippen LogP) is 4.29. The first-order chi connectivity index (χ1) is 9.15. The zero-order chi connectivity index (χ0) is 13.4. The molecule has 0 radical (unpaired) electrons. The second kappa shape index (κ2) is 4.68. The van der Waals surface area contributed by atoms with Gasteiger partial charge in [0.2, 0.25) is 0 Å². The topological polar surface area (TPSA) is 37.3 Å². The molecule has 1 N–H and O–H groups in total. The third kappa shape index (κ3) is 2.23. The minimum atomic E-state index is -0.217. The van der Waals surface area contributed by atoms with Crippen molar-refractivity contribution in [3.8, 4) is 16.2 Å². The van der Waals surface area contributed by atoms with Crippen molar-refractivity contribution in [1.29, 1.82) is 0 Å². The standard InChI is InChI=1S/C15H9ClO2S/c16-10-6-11(9-4-2-1-3-5-9)15-12(7-10)13(17)8-14(18)19-15/h1-8,18H. The predicted molar refractivity (Wildman–Crippen MR) is 80.2 cm³/mol. The van der Waals surface area contributed by atoms with E-state index in [1.807, 2.05) is 36.4 Å². The number of fused-ring (bicyclic) bond motifs is 1. The fourth-order valence-electron chi connectivity index (χ4n) is 2.04. The number of halogens is 1. The van der Waals surface area contributed by atoms with Crippen molar-refractivity contribution in [2.45, 2.75) is 0 Å². The second-order valence-corrected chi connectivity index (χ2v) is 5.61. The molecule has 0 aliphatic carbocycles. The van der Waals surface area contributed by atoms with Gasteiger partial charge in [-0.3, -0.25) is 4.79 Å². The maximum absolute atomic E-state index is 11.9. The van der Waals surface area contributed by atoms with E-state index in [0.29, 0.717) is 10.4 Å². The van der Waals surface area contributed by atoms with Crippen molar-refractivity contribution in [2.75, 3.05) is 0 Å². The van der Waals surface area contributed by atoms with E-state index in [0.717, 1.165) is 15.8 Å². The summed E-state index contributed by atoms with van der Waals surface area (Å²) in [5, 5.41) is 10.7. The van der Waals surface area contributed by atoms with Gasteiger partial charge in [-0.05, 0) is 17.7 Å². The van der Waals surface area contributed by atoms with Crippen molar-refractivity contribution in [1.82, 2.24) is 0 Å². The van der Waals surface area contributed by atoms with Crippen LogP contribution in [0.25, 0.3) is 21.2 Å². The minimum Gasteiger partial charge on any atom is -0.499 e. The molecule has 0 saturated carbocycles. The Balaban J connectivity index is 2.45. The molecule has 0 fully saturated rings. The molecule has 0 unspecified atom stereocenters. The summed E-state index contributed by atoms with van der Waals surface area (Å²) in [6.07, 6.45) is 0. The molecule has 0 aliphatic rings. The monoisotopic (exact) mass is 288 g/mol. The lowest BCUT2D eigenvalue weighted by Crippen LogP contribution is -1.98. The summed E-state index contributed by atoms with van der Waals surface area (Å²) in [6.45, 7) is 0.